The lowest BCUT2D eigenvalue weighted by Crippen LogP contribution is -2.40. The second-order valence-corrected chi connectivity index (χ2v) is 8.22. The maximum absolute atomic E-state index is 11.4. The summed E-state index contributed by atoms with van der Waals surface area (Å²) in [6, 6.07) is 0.156. The lowest BCUT2D eigenvalue weighted by atomic mass is 9.85. The van der Waals surface area contributed by atoms with Crippen LogP contribution in [-0.2, 0) is 9.53 Å². The van der Waals surface area contributed by atoms with Gasteiger partial charge in [0.05, 0.1) is 10.5 Å². The van der Waals surface area contributed by atoms with E-state index < -0.39 is 4.92 Å². The number of carbonyl (C=O) groups is 1. The van der Waals surface area contributed by atoms with Crippen molar-refractivity contribution in [1.82, 2.24) is 9.97 Å². The molecule has 4 N–H and O–H groups in total. The fraction of sp³-hybridized carbons (Fsp3) is 0.722. The minimum absolute atomic E-state index is 0.0130. The van der Waals surface area contributed by atoms with Crippen molar-refractivity contribution in [2.45, 2.75) is 70.1 Å². The van der Waals surface area contributed by atoms with E-state index in [4.69, 9.17) is 10.5 Å². The zero-order valence-electron chi connectivity index (χ0n) is 16.3. The van der Waals surface area contributed by atoms with Gasteiger partial charge in [0.15, 0.2) is 0 Å². The Bertz CT molecular complexity index is 733. The smallest absolute Gasteiger partial charge is 0.329 e. The van der Waals surface area contributed by atoms with Crippen LogP contribution >= 0.6 is 0 Å². The van der Waals surface area contributed by atoms with Crippen molar-refractivity contribution >= 4 is 23.4 Å². The molecular formula is C18H28N6O4. The van der Waals surface area contributed by atoms with Gasteiger partial charge in [0.2, 0.25) is 17.7 Å². The molecule has 1 atom stereocenters. The van der Waals surface area contributed by atoms with E-state index in [-0.39, 0.29) is 41.0 Å². The molecule has 1 aliphatic carbocycles. The summed E-state index contributed by atoms with van der Waals surface area (Å²) in [7, 11) is 0. The molecule has 1 aliphatic heterocycles. The third-order valence-electron chi connectivity index (χ3n) is 5.47. The van der Waals surface area contributed by atoms with Gasteiger partial charge in [0, 0.05) is 24.6 Å². The number of amides is 1. The lowest BCUT2D eigenvalue weighted by molar-refractivity contribution is -0.384. The van der Waals surface area contributed by atoms with Crippen LogP contribution in [0.4, 0.5) is 17.5 Å². The molecule has 0 spiro atoms. The fourth-order valence-corrected chi connectivity index (χ4v) is 3.94. The molecule has 1 unspecified atom stereocenters. The van der Waals surface area contributed by atoms with E-state index in [1.54, 1.807) is 0 Å². The van der Waals surface area contributed by atoms with Crippen LogP contribution in [0.5, 0.6) is 0 Å². The number of anilines is 2. The standard InChI is InChI=1S/C18H28N6O4/c1-18(2)9-13(7-8-28-18)22-17-20-10-14(24(26)27)16(23-17)21-12-5-3-11(4-6-12)15(19)25/h10-13H,3-9H2,1-2H3,(H2,19,25)(H2,20,21,22,23). The zero-order chi connectivity index (χ0) is 20.3. The van der Waals surface area contributed by atoms with Gasteiger partial charge >= 0.3 is 5.69 Å². The molecule has 0 bridgehead atoms. The van der Waals surface area contributed by atoms with Crippen LogP contribution in [0.25, 0.3) is 0 Å². The summed E-state index contributed by atoms with van der Waals surface area (Å²) in [5, 5.41) is 17.8. The molecule has 2 aliphatic rings. The molecule has 28 heavy (non-hydrogen) atoms. The number of nitro groups is 1. The predicted octanol–water partition coefficient (Wildman–Crippen LogP) is 2.21. The quantitative estimate of drug-likeness (QED) is 0.493. The summed E-state index contributed by atoms with van der Waals surface area (Å²) < 4.78 is 5.72. The number of rotatable bonds is 6. The monoisotopic (exact) mass is 392 g/mol. The largest absolute Gasteiger partial charge is 0.375 e. The molecule has 1 aromatic heterocycles. The third kappa shape index (κ3) is 5.06. The number of primary amides is 1. The Balaban J connectivity index is 1.70. The summed E-state index contributed by atoms with van der Waals surface area (Å²) in [6.07, 6.45) is 5.63. The Morgan fingerprint density at radius 2 is 1.96 bits per heavy atom. The molecule has 10 heteroatoms. The van der Waals surface area contributed by atoms with Crippen molar-refractivity contribution < 1.29 is 14.5 Å². The summed E-state index contributed by atoms with van der Waals surface area (Å²) in [5.41, 5.74) is 4.99. The topological polar surface area (TPSA) is 145 Å². The number of hydrogen-bond donors (Lipinski definition) is 3. The Hall–Kier alpha value is -2.49. The van der Waals surface area contributed by atoms with Gasteiger partial charge in [-0.25, -0.2) is 4.98 Å². The van der Waals surface area contributed by atoms with Gasteiger partial charge in [-0.2, -0.15) is 4.98 Å². The van der Waals surface area contributed by atoms with Crippen molar-refractivity contribution in [1.29, 1.82) is 0 Å². The number of ether oxygens (including phenoxy) is 1. The highest BCUT2D eigenvalue weighted by molar-refractivity contribution is 5.76. The Kier molecular flexibility index (Phi) is 5.97. The van der Waals surface area contributed by atoms with E-state index in [0.717, 1.165) is 12.8 Å². The highest BCUT2D eigenvalue weighted by Crippen LogP contribution is 2.30. The van der Waals surface area contributed by atoms with Crippen LogP contribution in [0.3, 0.4) is 0 Å². The first-order valence-electron chi connectivity index (χ1n) is 9.71. The number of nitrogens with one attached hydrogen (secondary N) is 2. The Morgan fingerprint density at radius 3 is 2.57 bits per heavy atom. The van der Waals surface area contributed by atoms with E-state index in [0.29, 0.717) is 38.2 Å². The van der Waals surface area contributed by atoms with Crippen LogP contribution in [0.2, 0.25) is 0 Å². The highest BCUT2D eigenvalue weighted by Gasteiger charge is 2.30. The van der Waals surface area contributed by atoms with Gasteiger partial charge in [-0.3, -0.25) is 14.9 Å². The Labute approximate surface area is 163 Å². The highest BCUT2D eigenvalue weighted by atomic mass is 16.6. The lowest BCUT2D eigenvalue weighted by Gasteiger charge is -2.35. The number of carbonyl (C=O) groups excluding carboxylic acids is 1. The van der Waals surface area contributed by atoms with Crippen molar-refractivity contribution in [2.75, 3.05) is 17.2 Å². The summed E-state index contributed by atoms with van der Waals surface area (Å²) in [4.78, 5) is 30.7. The molecule has 154 valence electrons. The summed E-state index contributed by atoms with van der Waals surface area (Å²) >= 11 is 0. The molecule has 0 aromatic carbocycles. The predicted molar refractivity (Wildman–Crippen MR) is 104 cm³/mol. The maximum atomic E-state index is 11.4. The SMILES string of the molecule is CC1(C)CC(Nc2ncc([N+](=O)[O-])c(NC3CCC(C(N)=O)CC3)n2)CCO1. The maximum Gasteiger partial charge on any atom is 0.329 e. The number of nitrogens with zero attached hydrogens (tertiary/aromatic N) is 3. The van der Waals surface area contributed by atoms with Crippen LogP contribution in [0.15, 0.2) is 6.20 Å². The summed E-state index contributed by atoms with van der Waals surface area (Å²) in [6.45, 7) is 4.71. The molecule has 0 radical (unpaired) electrons. The van der Waals surface area contributed by atoms with Crippen LogP contribution in [0.1, 0.15) is 52.4 Å². The van der Waals surface area contributed by atoms with Gasteiger partial charge in [-0.1, -0.05) is 0 Å². The summed E-state index contributed by atoms with van der Waals surface area (Å²) in [5.74, 6) is 0.169. The molecule has 2 heterocycles. The van der Waals surface area contributed by atoms with Crippen molar-refractivity contribution in [3.63, 3.8) is 0 Å². The van der Waals surface area contributed by atoms with Crippen molar-refractivity contribution in [3.8, 4) is 0 Å². The van der Waals surface area contributed by atoms with Crippen LogP contribution < -0.4 is 16.4 Å². The molecule has 3 rings (SSSR count). The Morgan fingerprint density at radius 1 is 1.25 bits per heavy atom. The second kappa shape index (κ2) is 8.26. The number of aromatic nitrogens is 2. The molecular weight excluding hydrogens is 364 g/mol. The second-order valence-electron chi connectivity index (χ2n) is 8.22. The first-order valence-corrected chi connectivity index (χ1v) is 9.71. The molecule has 1 aromatic rings. The van der Waals surface area contributed by atoms with Crippen LogP contribution in [0, 0.1) is 16.0 Å². The fourth-order valence-electron chi connectivity index (χ4n) is 3.94. The van der Waals surface area contributed by atoms with Gasteiger partial charge in [0.25, 0.3) is 0 Å². The number of hydrogen-bond acceptors (Lipinski definition) is 8. The normalized spacial score (nSPS) is 27.0. The average Bonchev–Trinajstić information content (AvgIpc) is 2.61. The first-order chi connectivity index (χ1) is 13.2. The molecule has 1 saturated carbocycles. The van der Waals surface area contributed by atoms with Crippen molar-refractivity contribution in [3.05, 3.63) is 16.3 Å². The average molecular weight is 392 g/mol. The van der Waals surface area contributed by atoms with Crippen molar-refractivity contribution in [2.24, 2.45) is 11.7 Å². The third-order valence-corrected chi connectivity index (χ3v) is 5.47. The van der Waals surface area contributed by atoms with Gasteiger partial charge in [0.1, 0.15) is 6.20 Å². The zero-order valence-corrected chi connectivity index (χ0v) is 16.3. The molecule has 1 saturated heterocycles. The first kappa shape index (κ1) is 20.2. The molecule has 10 nitrogen and oxygen atoms in total. The molecule has 1 amide bonds. The van der Waals surface area contributed by atoms with E-state index >= 15 is 0 Å². The minimum Gasteiger partial charge on any atom is -0.375 e. The van der Waals surface area contributed by atoms with E-state index in [9.17, 15) is 14.9 Å². The van der Waals surface area contributed by atoms with Crippen LogP contribution in [-0.4, -0.2) is 45.1 Å². The van der Waals surface area contributed by atoms with E-state index in [2.05, 4.69) is 20.6 Å². The van der Waals surface area contributed by atoms with E-state index in [1.165, 1.54) is 6.20 Å². The van der Waals surface area contributed by atoms with Gasteiger partial charge < -0.3 is 21.1 Å². The number of nitrogens with two attached hydrogens (primary N) is 1. The molecule has 2 fully saturated rings. The van der Waals surface area contributed by atoms with Gasteiger partial charge in [-0.05, 0) is 52.4 Å². The van der Waals surface area contributed by atoms with Gasteiger partial charge in [-0.15, -0.1) is 0 Å². The van der Waals surface area contributed by atoms with E-state index in [1.807, 2.05) is 13.8 Å². The minimum atomic E-state index is -0.487.